The van der Waals surface area contributed by atoms with E-state index in [-0.39, 0.29) is 29.0 Å². The molecule has 0 aliphatic heterocycles. The molecule has 0 aliphatic carbocycles. The molecule has 1 amide bonds. The summed E-state index contributed by atoms with van der Waals surface area (Å²) in [5.74, 6) is 0.498. The number of ether oxygens (including phenoxy) is 1. The molecule has 0 radical (unpaired) electrons. The average molecular weight is 457 g/mol. The summed E-state index contributed by atoms with van der Waals surface area (Å²) in [7, 11) is 1.81. The number of benzene rings is 3. The quantitative estimate of drug-likeness (QED) is 0.393. The molecule has 4 aromatic rings. The highest BCUT2D eigenvalue weighted by molar-refractivity contribution is 7.99. The monoisotopic (exact) mass is 456 g/mol. The van der Waals surface area contributed by atoms with Crippen molar-refractivity contribution in [2.75, 3.05) is 11.1 Å². The van der Waals surface area contributed by atoms with Crippen molar-refractivity contribution < 1.29 is 13.9 Å². The summed E-state index contributed by atoms with van der Waals surface area (Å²) >= 11 is 6.92. The first-order valence-corrected chi connectivity index (χ1v) is 10.7. The number of halogens is 2. The van der Waals surface area contributed by atoms with Crippen LogP contribution in [0.1, 0.15) is 5.82 Å². The molecule has 9 heteroatoms. The number of nitrogens with one attached hydrogen (secondary N) is 1. The van der Waals surface area contributed by atoms with Crippen molar-refractivity contribution in [1.82, 2.24) is 14.8 Å². The molecule has 1 aromatic heterocycles. The van der Waals surface area contributed by atoms with Crippen LogP contribution in [0.15, 0.2) is 65.8 Å². The lowest BCUT2D eigenvalue weighted by Crippen LogP contribution is -2.15. The number of hydrogen-bond acceptors (Lipinski definition) is 5. The first-order chi connectivity index (χ1) is 15.0. The Morgan fingerprint density at radius 1 is 1.16 bits per heavy atom. The van der Waals surface area contributed by atoms with Crippen molar-refractivity contribution >= 4 is 45.7 Å². The third kappa shape index (κ3) is 4.98. The van der Waals surface area contributed by atoms with E-state index in [2.05, 4.69) is 15.5 Å². The van der Waals surface area contributed by atoms with Gasteiger partial charge in [0.15, 0.2) is 11.0 Å². The smallest absolute Gasteiger partial charge is 0.234 e. The SMILES string of the molecule is Cn1c(COc2cccc3ccccc23)nnc1SCC(=O)Nc1ccc(Cl)cc1F. The van der Waals surface area contributed by atoms with Crippen LogP contribution in [0.4, 0.5) is 10.1 Å². The summed E-state index contributed by atoms with van der Waals surface area (Å²) in [6, 6.07) is 17.9. The normalized spacial score (nSPS) is 10.9. The molecule has 31 heavy (non-hydrogen) atoms. The Hall–Kier alpha value is -3.10. The highest BCUT2D eigenvalue weighted by atomic mass is 35.5. The molecule has 0 spiro atoms. The zero-order chi connectivity index (χ0) is 21.8. The number of hydrogen-bond donors (Lipinski definition) is 1. The van der Waals surface area contributed by atoms with Gasteiger partial charge in [-0.1, -0.05) is 59.8 Å². The zero-order valence-electron chi connectivity index (χ0n) is 16.5. The third-order valence-corrected chi connectivity index (χ3v) is 5.82. The molecule has 6 nitrogen and oxygen atoms in total. The van der Waals surface area contributed by atoms with Crippen molar-refractivity contribution in [3.63, 3.8) is 0 Å². The summed E-state index contributed by atoms with van der Waals surface area (Å²) in [5, 5.41) is 13.7. The Labute approximate surface area is 187 Å². The summed E-state index contributed by atoms with van der Waals surface area (Å²) in [6.45, 7) is 0.236. The number of thioether (sulfide) groups is 1. The fourth-order valence-corrected chi connectivity index (χ4v) is 3.86. The molecular formula is C22H18ClFN4O2S. The molecule has 3 aromatic carbocycles. The molecule has 0 aliphatic rings. The maximum absolute atomic E-state index is 13.8. The van der Waals surface area contributed by atoms with E-state index in [0.29, 0.717) is 11.0 Å². The topological polar surface area (TPSA) is 69.0 Å². The number of fused-ring (bicyclic) bond motifs is 1. The van der Waals surface area contributed by atoms with Gasteiger partial charge < -0.3 is 14.6 Å². The van der Waals surface area contributed by atoms with Gasteiger partial charge in [-0.25, -0.2) is 4.39 Å². The van der Waals surface area contributed by atoms with Crippen LogP contribution >= 0.6 is 23.4 Å². The lowest BCUT2D eigenvalue weighted by Gasteiger charge is -2.09. The number of carbonyl (C=O) groups excluding carboxylic acids is 1. The minimum atomic E-state index is -0.586. The lowest BCUT2D eigenvalue weighted by molar-refractivity contribution is -0.113. The maximum Gasteiger partial charge on any atom is 0.234 e. The fraction of sp³-hybridized carbons (Fsp3) is 0.136. The predicted octanol–water partition coefficient (Wildman–Crippen LogP) is 5.07. The van der Waals surface area contributed by atoms with Gasteiger partial charge in [0.1, 0.15) is 18.2 Å². The second-order valence-electron chi connectivity index (χ2n) is 6.68. The molecule has 0 atom stereocenters. The molecule has 0 bridgehead atoms. The number of aromatic nitrogens is 3. The summed E-state index contributed by atoms with van der Waals surface area (Å²) < 4.78 is 21.5. The second-order valence-corrected chi connectivity index (χ2v) is 8.06. The zero-order valence-corrected chi connectivity index (χ0v) is 18.1. The van der Waals surface area contributed by atoms with Gasteiger partial charge >= 0.3 is 0 Å². The van der Waals surface area contributed by atoms with Gasteiger partial charge in [-0.05, 0) is 29.7 Å². The summed E-state index contributed by atoms with van der Waals surface area (Å²) in [4.78, 5) is 12.2. The average Bonchev–Trinajstić information content (AvgIpc) is 3.12. The Balaban J connectivity index is 1.36. The van der Waals surface area contributed by atoms with Crippen LogP contribution in [0.2, 0.25) is 5.02 Å². The summed E-state index contributed by atoms with van der Waals surface area (Å²) in [5.41, 5.74) is 0.0807. The molecular weight excluding hydrogens is 439 g/mol. The number of carbonyl (C=O) groups is 1. The molecule has 1 heterocycles. The molecule has 0 saturated carbocycles. The Bertz CT molecular complexity index is 1240. The van der Waals surface area contributed by atoms with Crippen molar-refractivity contribution in [3.8, 4) is 5.75 Å². The van der Waals surface area contributed by atoms with E-state index < -0.39 is 5.82 Å². The van der Waals surface area contributed by atoms with E-state index in [1.807, 2.05) is 42.5 Å². The van der Waals surface area contributed by atoms with Crippen LogP contribution in [0.3, 0.4) is 0 Å². The van der Waals surface area contributed by atoms with E-state index in [9.17, 15) is 9.18 Å². The highest BCUT2D eigenvalue weighted by Gasteiger charge is 2.14. The van der Waals surface area contributed by atoms with Crippen LogP contribution < -0.4 is 10.1 Å². The molecule has 158 valence electrons. The van der Waals surface area contributed by atoms with Crippen LogP contribution in [-0.4, -0.2) is 26.4 Å². The number of rotatable bonds is 7. The number of amides is 1. The minimum Gasteiger partial charge on any atom is -0.485 e. The largest absolute Gasteiger partial charge is 0.485 e. The minimum absolute atomic E-state index is 0.0538. The van der Waals surface area contributed by atoms with Gasteiger partial charge in [0.2, 0.25) is 5.91 Å². The van der Waals surface area contributed by atoms with Gasteiger partial charge in [0, 0.05) is 17.5 Å². The van der Waals surface area contributed by atoms with Crippen LogP contribution in [0, 0.1) is 5.82 Å². The lowest BCUT2D eigenvalue weighted by atomic mass is 10.1. The third-order valence-electron chi connectivity index (χ3n) is 4.57. The molecule has 0 fully saturated rings. The standard InChI is InChI=1S/C22H18ClFN4O2S/c1-28-20(12-30-19-8-4-6-14-5-2-3-7-16(14)19)26-27-22(28)31-13-21(29)25-18-10-9-15(23)11-17(18)24/h2-11H,12-13H2,1H3,(H,25,29). The molecule has 0 unspecified atom stereocenters. The Morgan fingerprint density at radius 2 is 1.97 bits per heavy atom. The van der Waals surface area contributed by atoms with E-state index in [0.717, 1.165) is 22.6 Å². The number of nitrogens with zero attached hydrogens (tertiary/aromatic N) is 3. The fourth-order valence-electron chi connectivity index (χ4n) is 2.97. The Kier molecular flexibility index (Phi) is 6.39. The van der Waals surface area contributed by atoms with Gasteiger partial charge in [0.05, 0.1) is 11.4 Å². The van der Waals surface area contributed by atoms with E-state index in [4.69, 9.17) is 16.3 Å². The van der Waals surface area contributed by atoms with Gasteiger partial charge in [-0.2, -0.15) is 0 Å². The van der Waals surface area contributed by atoms with Crippen molar-refractivity contribution in [2.24, 2.45) is 7.05 Å². The van der Waals surface area contributed by atoms with Crippen molar-refractivity contribution in [2.45, 2.75) is 11.8 Å². The second kappa shape index (κ2) is 9.36. The van der Waals surface area contributed by atoms with Crippen LogP contribution in [0.25, 0.3) is 10.8 Å². The molecule has 0 saturated heterocycles. The molecule has 4 rings (SSSR count). The van der Waals surface area contributed by atoms with Crippen molar-refractivity contribution in [1.29, 1.82) is 0 Å². The Morgan fingerprint density at radius 3 is 2.81 bits per heavy atom. The molecule has 1 N–H and O–H groups in total. The van der Waals surface area contributed by atoms with E-state index in [1.165, 1.54) is 23.9 Å². The first-order valence-electron chi connectivity index (χ1n) is 9.38. The first kappa shape index (κ1) is 21.1. The van der Waals surface area contributed by atoms with Gasteiger partial charge in [-0.3, -0.25) is 4.79 Å². The summed E-state index contributed by atoms with van der Waals surface area (Å²) in [6.07, 6.45) is 0. The number of anilines is 1. The predicted molar refractivity (Wildman–Crippen MR) is 120 cm³/mol. The van der Waals surface area contributed by atoms with Gasteiger partial charge in [0.25, 0.3) is 0 Å². The van der Waals surface area contributed by atoms with Gasteiger partial charge in [-0.15, -0.1) is 10.2 Å². The van der Waals surface area contributed by atoms with E-state index >= 15 is 0 Å². The van der Waals surface area contributed by atoms with Crippen LogP contribution in [-0.2, 0) is 18.4 Å². The van der Waals surface area contributed by atoms with E-state index in [1.54, 1.807) is 11.6 Å². The highest BCUT2D eigenvalue weighted by Crippen LogP contribution is 2.26. The maximum atomic E-state index is 13.8. The van der Waals surface area contributed by atoms with Crippen LogP contribution in [0.5, 0.6) is 5.75 Å². The van der Waals surface area contributed by atoms with Crippen molar-refractivity contribution in [3.05, 3.63) is 77.3 Å².